The highest BCUT2D eigenvalue weighted by Crippen LogP contribution is 2.29. The van der Waals surface area contributed by atoms with Crippen molar-refractivity contribution in [1.82, 2.24) is 10.2 Å². The van der Waals surface area contributed by atoms with E-state index >= 15 is 0 Å². The van der Waals surface area contributed by atoms with Gasteiger partial charge >= 0.3 is 6.18 Å². The molecule has 10 heteroatoms. The molecule has 1 aromatic carbocycles. The number of amides is 2. The summed E-state index contributed by atoms with van der Waals surface area (Å²) < 4.78 is 43.2. The number of carbonyl (C=O) groups is 2. The molecule has 1 aromatic rings. The number of alkyl halides is 3. The van der Waals surface area contributed by atoms with Gasteiger partial charge in [0.2, 0.25) is 11.8 Å². The second kappa shape index (κ2) is 10.8. The van der Waals surface area contributed by atoms with E-state index in [9.17, 15) is 27.9 Å². The molecule has 7 nitrogen and oxygen atoms in total. The third-order valence-electron chi connectivity index (χ3n) is 5.24. The molecule has 0 fully saturated rings. The third kappa shape index (κ3) is 7.39. The number of ether oxygens (including phenoxy) is 1. The number of fused-ring (bicyclic) bond motifs is 1. The topological polar surface area (TPSA) is 90.9 Å². The molecule has 0 radical (unpaired) electrons. The summed E-state index contributed by atoms with van der Waals surface area (Å²) >= 11 is 0. The van der Waals surface area contributed by atoms with E-state index in [0.29, 0.717) is 30.1 Å². The smallest absolute Gasteiger partial charge is 0.389 e. The lowest BCUT2D eigenvalue weighted by molar-refractivity contribution is -0.142. The molecule has 0 unspecified atom stereocenters. The van der Waals surface area contributed by atoms with Crippen molar-refractivity contribution >= 4 is 17.5 Å². The van der Waals surface area contributed by atoms with Gasteiger partial charge in [-0.05, 0) is 32.2 Å². The number of carbonyl (C=O) groups excluding carboxylic acids is 2. The molecule has 0 saturated carbocycles. The van der Waals surface area contributed by atoms with Crippen molar-refractivity contribution in [2.24, 2.45) is 5.92 Å². The summed E-state index contributed by atoms with van der Waals surface area (Å²) in [5.41, 5.74) is 0.811. The number of hydrogen-bond donors (Lipinski definition) is 3. The number of nitrogens with one attached hydrogen (secondary N) is 2. The maximum Gasteiger partial charge on any atom is 0.389 e. The van der Waals surface area contributed by atoms with Crippen LogP contribution in [-0.4, -0.2) is 66.9 Å². The zero-order chi connectivity index (χ0) is 23.2. The van der Waals surface area contributed by atoms with Gasteiger partial charge in [0.15, 0.2) is 0 Å². The number of aliphatic hydroxyl groups is 1. The number of halogens is 3. The Labute approximate surface area is 179 Å². The van der Waals surface area contributed by atoms with E-state index in [2.05, 4.69) is 10.6 Å². The number of rotatable bonds is 7. The van der Waals surface area contributed by atoms with E-state index in [0.717, 1.165) is 0 Å². The quantitative estimate of drug-likeness (QED) is 0.599. The van der Waals surface area contributed by atoms with Gasteiger partial charge in [0.25, 0.3) is 0 Å². The Bertz CT molecular complexity index is 773. The minimum Gasteiger partial charge on any atom is -0.488 e. The lowest BCUT2D eigenvalue weighted by Crippen LogP contribution is -2.47. The second-order valence-electron chi connectivity index (χ2n) is 7.93. The summed E-state index contributed by atoms with van der Waals surface area (Å²) in [6.07, 6.45) is -6.57. The number of likely N-dealkylation sites (N-methyl/N-ethyl adjacent to an activating group) is 1. The third-order valence-corrected chi connectivity index (χ3v) is 5.24. The van der Waals surface area contributed by atoms with Gasteiger partial charge in [-0.1, -0.05) is 6.92 Å². The average Bonchev–Trinajstić information content (AvgIpc) is 2.74. The summed E-state index contributed by atoms with van der Waals surface area (Å²) in [7, 11) is 1.79. The molecule has 3 atom stereocenters. The lowest BCUT2D eigenvalue weighted by Gasteiger charge is -2.32. The molecule has 1 heterocycles. The molecule has 0 aliphatic carbocycles. The molecule has 174 valence electrons. The number of benzene rings is 1. The van der Waals surface area contributed by atoms with E-state index in [1.165, 1.54) is 0 Å². The van der Waals surface area contributed by atoms with E-state index in [-0.39, 0.29) is 37.0 Å². The van der Waals surface area contributed by atoms with Crippen LogP contribution in [0.1, 0.15) is 32.3 Å². The van der Waals surface area contributed by atoms with Crippen LogP contribution in [0.2, 0.25) is 0 Å². The van der Waals surface area contributed by atoms with Crippen molar-refractivity contribution in [3.63, 3.8) is 0 Å². The van der Waals surface area contributed by atoms with E-state index in [1.54, 1.807) is 37.1 Å². The predicted octanol–water partition coefficient (Wildman–Crippen LogP) is 2.34. The van der Waals surface area contributed by atoms with Crippen LogP contribution in [0.3, 0.4) is 0 Å². The Balaban J connectivity index is 2.29. The van der Waals surface area contributed by atoms with Crippen LogP contribution in [0, 0.1) is 5.92 Å². The highest BCUT2D eigenvalue weighted by molar-refractivity contribution is 5.91. The van der Waals surface area contributed by atoms with Crippen LogP contribution >= 0.6 is 0 Å². The Hall–Kier alpha value is -2.33. The molecule has 31 heavy (non-hydrogen) atoms. The fourth-order valence-electron chi connectivity index (χ4n) is 3.43. The minimum absolute atomic E-state index is 0.0229. The highest BCUT2D eigenvalue weighted by atomic mass is 19.4. The first kappa shape index (κ1) is 24.9. The monoisotopic (exact) mass is 445 g/mol. The first-order valence-corrected chi connectivity index (χ1v) is 10.2. The number of anilines is 1. The van der Waals surface area contributed by atoms with Crippen LogP contribution in [-0.2, 0) is 16.0 Å². The molecule has 3 N–H and O–H groups in total. The van der Waals surface area contributed by atoms with Crippen LogP contribution in [0.5, 0.6) is 5.75 Å². The molecule has 0 saturated heterocycles. The fourth-order valence-corrected chi connectivity index (χ4v) is 3.43. The molecular weight excluding hydrogens is 415 g/mol. The second-order valence-corrected chi connectivity index (χ2v) is 7.93. The number of nitrogens with zero attached hydrogens (tertiary/aromatic N) is 1. The maximum atomic E-state index is 13.0. The molecular formula is C21H30F3N3O4. The van der Waals surface area contributed by atoms with Crippen molar-refractivity contribution in [3.8, 4) is 5.75 Å². The van der Waals surface area contributed by atoms with Crippen LogP contribution < -0.4 is 15.4 Å². The van der Waals surface area contributed by atoms with Gasteiger partial charge in [-0.25, -0.2) is 0 Å². The van der Waals surface area contributed by atoms with E-state index < -0.39 is 24.9 Å². The van der Waals surface area contributed by atoms with Crippen molar-refractivity contribution in [2.45, 2.75) is 51.4 Å². The van der Waals surface area contributed by atoms with Gasteiger partial charge in [0.1, 0.15) is 11.9 Å². The maximum absolute atomic E-state index is 13.0. The molecule has 1 aliphatic rings. The summed E-state index contributed by atoms with van der Waals surface area (Å²) in [6.45, 7) is 4.48. The Morgan fingerprint density at radius 3 is 2.71 bits per heavy atom. The standard InChI is InChI=1S/C21H30F3N3O4/c1-13-11-27(14(2)12-28)20(30)9-15-8-16(26-19(29)6-7-21(22,23)24)4-5-17(15)31-18(13)10-25-3/h4-5,8,13-14,18,25,28H,6-7,9-12H2,1-3H3,(H,26,29)/t13-,14-,18+/m1/s1. The van der Waals surface area contributed by atoms with Crippen molar-refractivity contribution in [3.05, 3.63) is 23.8 Å². The Morgan fingerprint density at radius 1 is 1.39 bits per heavy atom. The van der Waals surface area contributed by atoms with Gasteiger partial charge in [0, 0.05) is 36.7 Å². The van der Waals surface area contributed by atoms with E-state index in [4.69, 9.17) is 4.74 Å². The predicted molar refractivity (Wildman–Crippen MR) is 110 cm³/mol. The number of hydrogen-bond acceptors (Lipinski definition) is 5. The SMILES string of the molecule is CNC[C@@H]1Oc2ccc(NC(=O)CCC(F)(F)F)cc2CC(=O)N([C@H](C)CO)C[C@H]1C. The van der Waals surface area contributed by atoms with Crippen LogP contribution in [0.4, 0.5) is 18.9 Å². The van der Waals surface area contributed by atoms with E-state index in [1.807, 2.05) is 6.92 Å². The lowest BCUT2D eigenvalue weighted by atomic mass is 10.0. The first-order valence-electron chi connectivity index (χ1n) is 10.2. The zero-order valence-corrected chi connectivity index (χ0v) is 18.0. The van der Waals surface area contributed by atoms with Crippen LogP contribution in [0.25, 0.3) is 0 Å². The molecule has 1 aliphatic heterocycles. The van der Waals surface area contributed by atoms with Gasteiger partial charge in [-0.3, -0.25) is 9.59 Å². The largest absolute Gasteiger partial charge is 0.488 e. The molecule has 0 spiro atoms. The van der Waals surface area contributed by atoms with Crippen molar-refractivity contribution in [1.29, 1.82) is 0 Å². The van der Waals surface area contributed by atoms with Gasteiger partial charge in [0.05, 0.1) is 25.5 Å². The fraction of sp³-hybridized carbons (Fsp3) is 0.619. The molecule has 2 rings (SSSR count). The summed E-state index contributed by atoms with van der Waals surface area (Å²) in [5, 5.41) is 15.1. The zero-order valence-electron chi connectivity index (χ0n) is 18.0. The highest BCUT2D eigenvalue weighted by Gasteiger charge is 2.30. The summed E-state index contributed by atoms with van der Waals surface area (Å²) in [5.74, 6) is -0.515. The van der Waals surface area contributed by atoms with Gasteiger partial charge in [-0.2, -0.15) is 13.2 Å². The molecule has 0 aromatic heterocycles. The normalized spacial score (nSPS) is 20.7. The Morgan fingerprint density at radius 2 is 2.10 bits per heavy atom. The molecule has 0 bridgehead atoms. The molecule has 2 amide bonds. The minimum atomic E-state index is -4.41. The van der Waals surface area contributed by atoms with Gasteiger partial charge in [-0.15, -0.1) is 0 Å². The average molecular weight is 445 g/mol. The van der Waals surface area contributed by atoms with Crippen molar-refractivity contribution < 1.29 is 32.6 Å². The summed E-state index contributed by atoms with van der Waals surface area (Å²) in [4.78, 5) is 26.5. The van der Waals surface area contributed by atoms with Crippen molar-refractivity contribution in [2.75, 3.05) is 32.1 Å². The number of aliphatic hydroxyl groups excluding tert-OH is 1. The Kier molecular flexibility index (Phi) is 8.69. The van der Waals surface area contributed by atoms with Crippen LogP contribution in [0.15, 0.2) is 18.2 Å². The first-order chi connectivity index (χ1) is 14.5. The van der Waals surface area contributed by atoms with Gasteiger partial charge < -0.3 is 25.4 Å². The summed E-state index contributed by atoms with van der Waals surface area (Å²) in [6, 6.07) is 4.33.